The molecule has 0 fully saturated rings. The summed E-state index contributed by atoms with van der Waals surface area (Å²) >= 11 is 1.58. The third kappa shape index (κ3) is 4.12. The maximum atomic E-state index is 11.2. The third-order valence-electron chi connectivity index (χ3n) is 3.44. The van der Waals surface area contributed by atoms with Gasteiger partial charge in [0.2, 0.25) is 6.41 Å². The van der Waals surface area contributed by atoms with Crippen LogP contribution >= 0.6 is 11.3 Å². The summed E-state index contributed by atoms with van der Waals surface area (Å²) in [5.74, 6) is 0. The molecule has 5 heteroatoms. The molecular weight excluding hydrogens is 284 g/mol. The Balaban J connectivity index is 2.08. The molecule has 0 aliphatic heterocycles. The van der Waals surface area contributed by atoms with Crippen LogP contribution in [0.1, 0.15) is 24.6 Å². The molecule has 1 aromatic heterocycles. The molecule has 1 amide bonds. The molecule has 0 saturated heterocycles. The van der Waals surface area contributed by atoms with E-state index >= 15 is 0 Å². The van der Waals surface area contributed by atoms with Crippen LogP contribution in [0.25, 0.3) is 10.6 Å². The van der Waals surface area contributed by atoms with Crippen molar-refractivity contribution in [2.24, 2.45) is 0 Å². The van der Waals surface area contributed by atoms with Crippen LogP contribution in [0.15, 0.2) is 29.6 Å². The molecule has 1 aromatic carbocycles. The number of aliphatic hydroxyl groups is 1. The zero-order valence-electron chi connectivity index (χ0n) is 12.3. The van der Waals surface area contributed by atoms with E-state index in [2.05, 4.69) is 36.2 Å². The van der Waals surface area contributed by atoms with E-state index in [1.165, 1.54) is 5.56 Å². The number of carbonyl (C=O) groups is 1. The van der Waals surface area contributed by atoms with E-state index in [0.717, 1.165) is 22.7 Å². The Bertz CT molecular complexity index is 580. The van der Waals surface area contributed by atoms with E-state index in [1.54, 1.807) is 16.2 Å². The fraction of sp³-hybridized carbons (Fsp3) is 0.375. The first kappa shape index (κ1) is 15.7. The largest absolute Gasteiger partial charge is 0.396 e. The average molecular weight is 304 g/mol. The van der Waals surface area contributed by atoms with E-state index in [0.29, 0.717) is 13.0 Å². The third-order valence-corrected chi connectivity index (χ3v) is 4.38. The summed E-state index contributed by atoms with van der Waals surface area (Å²) in [4.78, 5) is 17.4. The van der Waals surface area contributed by atoms with E-state index in [-0.39, 0.29) is 12.6 Å². The van der Waals surface area contributed by atoms with Gasteiger partial charge in [-0.2, -0.15) is 0 Å². The minimum Gasteiger partial charge on any atom is -0.396 e. The minimum atomic E-state index is 0.0111. The average Bonchev–Trinajstić information content (AvgIpc) is 2.94. The lowest BCUT2D eigenvalue weighted by Crippen LogP contribution is -2.32. The molecule has 112 valence electrons. The summed E-state index contributed by atoms with van der Waals surface area (Å²) in [5.41, 5.74) is 3.20. The second kappa shape index (κ2) is 7.33. The maximum absolute atomic E-state index is 11.2. The Morgan fingerprint density at radius 2 is 2.10 bits per heavy atom. The summed E-state index contributed by atoms with van der Waals surface area (Å²) in [7, 11) is 0. The molecule has 21 heavy (non-hydrogen) atoms. The highest BCUT2D eigenvalue weighted by atomic mass is 32.1. The van der Waals surface area contributed by atoms with E-state index in [1.807, 2.05) is 12.3 Å². The smallest absolute Gasteiger partial charge is 0.210 e. The zero-order valence-corrected chi connectivity index (χ0v) is 13.1. The number of nitrogens with zero attached hydrogens (tertiary/aromatic N) is 2. The Kier molecular flexibility index (Phi) is 5.47. The van der Waals surface area contributed by atoms with Gasteiger partial charge in [-0.15, -0.1) is 11.3 Å². The van der Waals surface area contributed by atoms with Gasteiger partial charge in [0, 0.05) is 23.6 Å². The lowest BCUT2D eigenvalue weighted by molar-refractivity contribution is -0.120. The summed E-state index contributed by atoms with van der Waals surface area (Å²) in [6.07, 6.45) is 1.40. The summed E-state index contributed by atoms with van der Waals surface area (Å²) < 4.78 is 0. The predicted octanol–water partition coefficient (Wildman–Crippen LogP) is 2.85. The molecule has 0 bridgehead atoms. The first-order valence-electron chi connectivity index (χ1n) is 6.97. The molecule has 2 aromatic rings. The summed E-state index contributed by atoms with van der Waals surface area (Å²) in [6, 6.07) is 8.26. The Hall–Kier alpha value is -1.72. The number of aryl methyl sites for hydroxylation is 1. The van der Waals surface area contributed by atoms with E-state index in [4.69, 9.17) is 5.11 Å². The molecule has 0 spiro atoms. The molecular formula is C16H20N2O2S. The predicted molar refractivity (Wildman–Crippen MR) is 85.1 cm³/mol. The molecule has 1 atom stereocenters. The number of amides is 1. The van der Waals surface area contributed by atoms with Gasteiger partial charge in [0.05, 0.1) is 12.2 Å². The SMILES string of the molecule is Cc1ccc(-c2nc(CN(C=O)C(C)CCO)cs2)cc1. The Morgan fingerprint density at radius 1 is 1.38 bits per heavy atom. The molecule has 0 aliphatic rings. The molecule has 0 aliphatic carbocycles. The van der Waals surface area contributed by atoms with Crippen molar-refractivity contribution in [3.63, 3.8) is 0 Å². The van der Waals surface area contributed by atoms with Gasteiger partial charge >= 0.3 is 0 Å². The standard InChI is InChI=1S/C16H20N2O2S/c1-12-3-5-14(6-4-12)16-17-15(10-21-16)9-18(11-20)13(2)7-8-19/h3-6,10-11,13,19H,7-9H2,1-2H3. The zero-order chi connectivity index (χ0) is 15.2. The number of thiazole rings is 1. The van der Waals surface area contributed by atoms with Gasteiger partial charge in [-0.3, -0.25) is 4.79 Å². The van der Waals surface area contributed by atoms with Crippen LogP contribution in [0.2, 0.25) is 0 Å². The van der Waals surface area contributed by atoms with Gasteiger partial charge in [-0.1, -0.05) is 29.8 Å². The molecule has 0 saturated carbocycles. The van der Waals surface area contributed by atoms with Crippen molar-refractivity contribution >= 4 is 17.7 Å². The quantitative estimate of drug-likeness (QED) is 0.800. The van der Waals surface area contributed by atoms with Gasteiger partial charge < -0.3 is 10.0 Å². The van der Waals surface area contributed by atoms with Crippen molar-refractivity contribution in [2.45, 2.75) is 32.9 Å². The Morgan fingerprint density at radius 3 is 2.71 bits per heavy atom. The molecule has 1 N–H and O–H groups in total. The van der Waals surface area contributed by atoms with Gasteiger partial charge in [0.1, 0.15) is 5.01 Å². The Labute approximate surface area is 129 Å². The molecule has 4 nitrogen and oxygen atoms in total. The van der Waals surface area contributed by atoms with Crippen molar-refractivity contribution in [1.82, 2.24) is 9.88 Å². The highest BCUT2D eigenvalue weighted by Gasteiger charge is 2.13. The van der Waals surface area contributed by atoms with Crippen molar-refractivity contribution in [3.8, 4) is 10.6 Å². The van der Waals surface area contributed by atoms with Crippen LogP contribution < -0.4 is 0 Å². The second-order valence-corrected chi connectivity index (χ2v) is 6.01. The van der Waals surface area contributed by atoms with Gasteiger partial charge in [0.25, 0.3) is 0 Å². The van der Waals surface area contributed by atoms with Gasteiger partial charge in [-0.25, -0.2) is 4.98 Å². The summed E-state index contributed by atoms with van der Waals surface area (Å²) in [5, 5.41) is 11.9. The minimum absolute atomic E-state index is 0.0111. The number of aliphatic hydroxyl groups excluding tert-OH is 1. The van der Waals surface area contributed by atoms with Crippen LogP contribution in [-0.2, 0) is 11.3 Å². The highest BCUT2D eigenvalue weighted by Crippen LogP contribution is 2.24. The van der Waals surface area contributed by atoms with Crippen molar-refractivity contribution in [3.05, 3.63) is 40.9 Å². The van der Waals surface area contributed by atoms with E-state index in [9.17, 15) is 4.79 Å². The first-order chi connectivity index (χ1) is 10.1. The van der Waals surface area contributed by atoms with Crippen LogP contribution in [0, 0.1) is 6.92 Å². The van der Waals surface area contributed by atoms with Crippen molar-refractivity contribution < 1.29 is 9.90 Å². The van der Waals surface area contributed by atoms with Crippen LogP contribution in [0.5, 0.6) is 0 Å². The number of aromatic nitrogens is 1. The summed E-state index contributed by atoms with van der Waals surface area (Å²) in [6.45, 7) is 4.55. The van der Waals surface area contributed by atoms with Crippen molar-refractivity contribution in [2.75, 3.05) is 6.61 Å². The topological polar surface area (TPSA) is 53.4 Å². The number of carbonyl (C=O) groups excluding carboxylic acids is 1. The fourth-order valence-corrected chi connectivity index (χ4v) is 2.86. The van der Waals surface area contributed by atoms with Gasteiger partial charge in [-0.05, 0) is 20.3 Å². The first-order valence-corrected chi connectivity index (χ1v) is 7.85. The molecule has 2 rings (SSSR count). The fourth-order valence-electron chi connectivity index (χ4n) is 2.05. The molecule has 0 radical (unpaired) electrons. The van der Waals surface area contributed by atoms with Crippen LogP contribution in [0.4, 0.5) is 0 Å². The monoisotopic (exact) mass is 304 g/mol. The lowest BCUT2D eigenvalue weighted by Gasteiger charge is -2.23. The number of benzene rings is 1. The number of hydrogen-bond acceptors (Lipinski definition) is 4. The number of hydrogen-bond donors (Lipinski definition) is 1. The van der Waals surface area contributed by atoms with Gasteiger partial charge in [0.15, 0.2) is 0 Å². The highest BCUT2D eigenvalue weighted by molar-refractivity contribution is 7.13. The van der Waals surface area contributed by atoms with Crippen LogP contribution in [0.3, 0.4) is 0 Å². The molecule has 1 heterocycles. The maximum Gasteiger partial charge on any atom is 0.210 e. The van der Waals surface area contributed by atoms with Crippen LogP contribution in [-0.4, -0.2) is 34.0 Å². The lowest BCUT2D eigenvalue weighted by atomic mass is 10.2. The second-order valence-electron chi connectivity index (χ2n) is 5.15. The number of rotatable bonds is 7. The van der Waals surface area contributed by atoms with E-state index < -0.39 is 0 Å². The van der Waals surface area contributed by atoms with Crippen molar-refractivity contribution in [1.29, 1.82) is 0 Å². The molecule has 1 unspecified atom stereocenters. The normalized spacial score (nSPS) is 12.1.